The van der Waals surface area contributed by atoms with Gasteiger partial charge in [0.15, 0.2) is 0 Å². The first kappa shape index (κ1) is 23.8. The molecule has 1 saturated carbocycles. The van der Waals surface area contributed by atoms with E-state index in [9.17, 15) is 14.0 Å². The monoisotopic (exact) mass is 510 g/mol. The summed E-state index contributed by atoms with van der Waals surface area (Å²) in [6.45, 7) is -0.0988. The maximum atomic E-state index is 14.2. The van der Waals surface area contributed by atoms with Crippen LogP contribution < -0.4 is 15.0 Å². The smallest absolute Gasteiger partial charge is 0.322 e. The third-order valence-corrected chi connectivity index (χ3v) is 7.08. The van der Waals surface area contributed by atoms with Crippen molar-refractivity contribution in [3.63, 3.8) is 0 Å². The Bertz CT molecular complexity index is 1500. The topological polar surface area (TPSA) is 66.8 Å². The number of nitrogens with zero attached hydrogens (tertiary/aromatic N) is 3. The second kappa shape index (κ2) is 9.70. The van der Waals surface area contributed by atoms with Gasteiger partial charge in [-0.25, -0.2) is 9.18 Å². The lowest BCUT2D eigenvalue weighted by Gasteiger charge is -2.39. The number of urea groups is 1. The first-order valence-corrected chi connectivity index (χ1v) is 12.6. The summed E-state index contributed by atoms with van der Waals surface area (Å²) in [5.74, 6) is -0.0162. The Morgan fingerprint density at radius 2 is 1.66 bits per heavy atom. The molecule has 0 spiro atoms. The molecule has 6 rings (SSSR count). The minimum atomic E-state index is -0.480. The Morgan fingerprint density at radius 1 is 0.947 bits per heavy atom. The lowest BCUT2D eigenvalue weighted by atomic mass is 9.97. The van der Waals surface area contributed by atoms with E-state index in [0.717, 1.165) is 35.5 Å². The maximum Gasteiger partial charge on any atom is 0.322 e. The van der Waals surface area contributed by atoms with Gasteiger partial charge in [-0.2, -0.15) is 0 Å². The minimum Gasteiger partial charge on any atom is -0.495 e. The van der Waals surface area contributed by atoms with Crippen molar-refractivity contribution in [1.82, 2.24) is 9.47 Å². The number of anilines is 2. The second-order valence-electron chi connectivity index (χ2n) is 9.50. The van der Waals surface area contributed by atoms with Crippen LogP contribution in [0, 0.1) is 5.82 Å². The van der Waals surface area contributed by atoms with Crippen molar-refractivity contribution >= 4 is 23.3 Å². The van der Waals surface area contributed by atoms with Gasteiger partial charge in [-0.3, -0.25) is 9.69 Å². The van der Waals surface area contributed by atoms with E-state index in [2.05, 4.69) is 9.88 Å². The third-order valence-electron chi connectivity index (χ3n) is 7.08. The molecule has 1 aromatic heterocycles. The molecule has 2 aliphatic rings. The van der Waals surface area contributed by atoms with Crippen molar-refractivity contribution in [3.05, 3.63) is 108 Å². The van der Waals surface area contributed by atoms with Gasteiger partial charge in [0.25, 0.3) is 0 Å². The lowest BCUT2D eigenvalue weighted by molar-refractivity contribution is -0.119. The summed E-state index contributed by atoms with van der Waals surface area (Å²) < 4.78 is 21.3. The van der Waals surface area contributed by atoms with Crippen molar-refractivity contribution in [2.45, 2.75) is 24.9 Å². The summed E-state index contributed by atoms with van der Waals surface area (Å²) in [6.07, 6.45) is 3.64. The average Bonchev–Trinajstić information content (AvgIpc) is 3.66. The number of aromatic nitrogens is 1. The summed E-state index contributed by atoms with van der Waals surface area (Å²) in [5.41, 5.74) is 3.82. The third kappa shape index (κ3) is 4.28. The summed E-state index contributed by atoms with van der Waals surface area (Å²) in [7, 11) is 1.55. The number of amides is 3. The predicted octanol–water partition coefficient (Wildman–Crippen LogP) is 5.76. The van der Waals surface area contributed by atoms with Gasteiger partial charge in [-0.05, 0) is 66.9 Å². The molecule has 1 unspecified atom stereocenters. The molecule has 3 amide bonds. The normalized spacial score (nSPS) is 15.8. The zero-order chi connectivity index (χ0) is 26.2. The van der Waals surface area contributed by atoms with Crippen LogP contribution in [0.3, 0.4) is 0 Å². The van der Waals surface area contributed by atoms with Gasteiger partial charge in [0, 0.05) is 12.2 Å². The zero-order valence-corrected chi connectivity index (χ0v) is 20.9. The van der Waals surface area contributed by atoms with Crippen LogP contribution in [0.2, 0.25) is 0 Å². The number of fused-ring (bicyclic) bond motifs is 3. The molecule has 2 heterocycles. The largest absolute Gasteiger partial charge is 0.495 e. The highest BCUT2D eigenvalue weighted by Gasteiger charge is 2.40. The number of carbonyl (C=O) groups is 2. The van der Waals surface area contributed by atoms with Crippen LogP contribution in [-0.2, 0) is 4.79 Å². The van der Waals surface area contributed by atoms with Crippen molar-refractivity contribution in [2.24, 2.45) is 0 Å². The van der Waals surface area contributed by atoms with Gasteiger partial charge in [0.1, 0.15) is 24.2 Å². The van der Waals surface area contributed by atoms with E-state index in [4.69, 9.17) is 4.74 Å². The number of rotatable bonds is 6. The summed E-state index contributed by atoms with van der Waals surface area (Å²) in [4.78, 5) is 30.9. The molecular weight excluding hydrogens is 483 g/mol. The average molecular weight is 511 g/mol. The fraction of sp³-hybridized carbons (Fsp3) is 0.200. The van der Waals surface area contributed by atoms with Crippen LogP contribution in [0.5, 0.6) is 5.75 Å². The SMILES string of the molecule is COc1ccccc1NC(=O)N(CC(=O)N1c2ccccc2-n2cccc2C1c1ccc(F)cc1)C1CC1. The Balaban J connectivity index is 1.35. The van der Waals surface area contributed by atoms with E-state index in [-0.39, 0.29) is 30.3 Å². The van der Waals surface area contributed by atoms with E-state index in [1.165, 1.54) is 12.1 Å². The quantitative estimate of drug-likeness (QED) is 0.359. The Labute approximate surface area is 220 Å². The van der Waals surface area contributed by atoms with Crippen molar-refractivity contribution in [1.29, 1.82) is 0 Å². The molecule has 1 aliphatic carbocycles. The Hall–Kier alpha value is -4.59. The van der Waals surface area contributed by atoms with E-state index >= 15 is 0 Å². The number of nitrogens with one attached hydrogen (secondary N) is 1. The molecule has 1 fully saturated rings. The molecule has 7 nitrogen and oxygen atoms in total. The van der Waals surface area contributed by atoms with Crippen LogP contribution in [0.4, 0.5) is 20.6 Å². The van der Waals surface area contributed by atoms with Crippen LogP contribution in [0.1, 0.15) is 30.1 Å². The predicted molar refractivity (Wildman–Crippen MR) is 143 cm³/mol. The molecule has 8 heteroatoms. The molecule has 1 atom stereocenters. The molecule has 38 heavy (non-hydrogen) atoms. The number of hydrogen-bond donors (Lipinski definition) is 1. The lowest BCUT2D eigenvalue weighted by Crippen LogP contribution is -2.48. The first-order chi connectivity index (χ1) is 18.5. The number of methoxy groups -OCH3 is 1. The van der Waals surface area contributed by atoms with E-state index in [0.29, 0.717) is 11.4 Å². The number of carbonyl (C=O) groups excluding carboxylic acids is 2. The van der Waals surface area contributed by atoms with Gasteiger partial charge < -0.3 is 19.5 Å². The maximum absolute atomic E-state index is 14.2. The van der Waals surface area contributed by atoms with Crippen LogP contribution in [-0.4, -0.2) is 41.1 Å². The Morgan fingerprint density at radius 3 is 2.39 bits per heavy atom. The highest BCUT2D eigenvalue weighted by Crippen LogP contribution is 2.42. The number of benzene rings is 3. The minimum absolute atomic E-state index is 0.0122. The van der Waals surface area contributed by atoms with Gasteiger partial charge in [-0.1, -0.05) is 36.4 Å². The fourth-order valence-electron chi connectivity index (χ4n) is 5.13. The second-order valence-corrected chi connectivity index (χ2v) is 9.50. The summed E-state index contributed by atoms with van der Waals surface area (Å²) in [6, 6.07) is 24.2. The number of ether oxygens (including phenoxy) is 1. The molecule has 192 valence electrons. The molecule has 1 N–H and O–H groups in total. The van der Waals surface area contributed by atoms with Crippen LogP contribution >= 0.6 is 0 Å². The Kier molecular flexibility index (Phi) is 6.07. The molecule has 0 saturated heterocycles. The summed E-state index contributed by atoms with van der Waals surface area (Å²) >= 11 is 0. The van der Waals surface area contributed by atoms with E-state index < -0.39 is 6.04 Å². The number of halogens is 1. The van der Waals surface area contributed by atoms with Gasteiger partial charge >= 0.3 is 6.03 Å². The molecule has 3 aromatic carbocycles. The molecular formula is C30H27FN4O3. The zero-order valence-electron chi connectivity index (χ0n) is 20.9. The molecule has 0 radical (unpaired) electrons. The molecule has 4 aromatic rings. The summed E-state index contributed by atoms with van der Waals surface area (Å²) in [5, 5.41) is 2.92. The fourth-order valence-corrected chi connectivity index (χ4v) is 5.13. The van der Waals surface area contributed by atoms with Gasteiger partial charge in [-0.15, -0.1) is 0 Å². The first-order valence-electron chi connectivity index (χ1n) is 12.6. The van der Waals surface area contributed by atoms with Crippen LogP contribution in [0.15, 0.2) is 91.1 Å². The molecule has 0 bridgehead atoms. The van der Waals surface area contributed by atoms with Crippen LogP contribution in [0.25, 0.3) is 5.69 Å². The van der Waals surface area contributed by atoms with Crippen molar-refractivity contribution in [3.8, 4) is 11.4 Å². The standard InChI is InChI=1S/C30H27FN4O3/c1-38-27-11-5-2-7-23(27)32-30(37)34(22-16-17-22)19-28(36)35-25-9-4-3-8-24(25)33-18-6-10-26(33)29(35)20-12-14-21(31)15-13-20/h2-15,18,22,29H,16-17,19H2,1H3,(H,32,37). The van der Waals surface area contributed by atoms with Crippen molar-refractivity contribution < 1.29 is 18.7 Å². The highest BCUT2D eigenvalue weighted by molar-refractivity contribution is 6.02. The number of para-hydroxylation sites is 4. The van der Waals surface area contributed by atoms with Gasteiger partial charge in [0.05, 0.1) is 29.9 Å². The van der Waals surface area contributed by atoms with E-state index in [1.807, 2.05) is 54.7 Å². The van der Waals surface area contributed by atoms with E-state index in [1.54, 1.807) is 41.2 Å². The molecule has 1 aliphatic heterocycles. The van der Waals surface area contributed by atoms with Crippen molar-refractivity contribution in [2.75, 3.05) is 23.9 Å². The highest BCUT2D eigenvalue weighted by atomic mass is 19.1. The van der Waals surface area contributed by atoms with Gasteiger partial charge in [0.2, 0.25) is 5.91 Å². The number of hydrogen-bond acceptors (Lipinski definition) is 3.